The molecular weight excluding hydrogens is 268 g/mol. The molecule has 0 aromatic heterocycles. The van der Waals surface area contributed by atoms with Crippen molar-refractivity contribution in [3.8, 4) is 0 Å². The van der Waals surface area contributed by atoms with Gasteiger partial charge in [0.05, 0.1) is 6.10 Å². The Bertz CT molecular complexity index is 433. The quantitative estimate of drug-likeness (QED) is 0.836. The van der Waals surface area contributed by atoms with Crippen molar-refractivity contribution < 1.29 is 4.74 Å². The van der Waals surface area contributed by atoms with Gasteiger partial charge in [0, 0.05) is 23.9 Å². The lowest BCUT2D eigenvalue weighted by atomic mass is 10.2. The van der Waals surface area contributed by atoms with Crippen molar-refractivity contribution in [1.29, 1.82) is 0 Å². The van der Waals surface area contributed by atoms with Gasteiger partial charge in [-0.05, 0) is 49.7 Å². The first-order chi connectivity index (χ1) is 8.65. The molecule has 0 aliphatic carbocycles. The molecule has 1 aromatic rings. The van der Waals surface area contributed by atoms with E-state index in [-0.39, 0.29) is 6.10 Å². The first-order valence-corrected chi connectivity index (χ1v) is 6.86. The van der Waals surface area contributed by atoms with Crippen LogP contribution in [0.3, 0.4) is 0 Å². The van der Waals surface area contributed by atoms with E-state index in [0.717, 1.165) is 42.3 Å². The van der Waals surface area contributed by atoms with E-state index in [9.17, 15) is 0 Å². The highest BCUT2D eigenvalue weighted by atomic mass is 35.5. The molecule has 2 N–H and O–H groups in total. The van der Waals surface area contributed by atoms with Crippen LogP contribution in [-0.2, 0) is 4.74 Å². The summed E-state index contributed by atoms with van der Waals surface area (Å²) in [7, 11) is 0. The van der Waals surface area contributed by atoms with Gasteiger partial charge in [-0.15, -0.1) is 0 Å². The van der Waals surface area contributed by atoms with Crippen LogP contribution >= 0.6 is 23.8 Å². The van der Waals surface area contributed by atoms with E-state index in [2.05, 4.69) is 10.6 Å². The summed E-state index contributed by atoms with van der Waals surface area (Å²) in [5.41, 5.74) is 1.95. The molecule has 0 spiro atoms. The van der Waals surface area contributed by atoms with Gasteiger partial charge in [0.2, 0.25) is 0 Å². The van der Waals surface area contributed by atoms with Gasteiger partial charge in [-0.1, -0.05) is 17.7 Å². The van der Waals surface area contributed by atoms with Crippen molar-refractivity contribution in [2.24, 2.45) is 0 Å². The van der Waals surface area contributed by atoms with Gasteiger partial charge in [0.1, 0.15) is 0 Å². The Morgan fingerprint density at radius 2 is 2.39 bits per heavy atom. The number of aryl methyl sites for hydroxylation is 1. The first-order valence-electron chi connectivity index (χ1n) is 6.08. The van der Waals surface area contributed by atoms with E-state index >= 15 is 0 Å². The van der Waals surface area contributed by atoms with Gasteiger partial charge in [-0.3, -0.25) is 0 Å². The molecule has 3 nitrogen and oxygen atoms in total. The Balaban J connectivity index is 1.80. The van der Waals surface area contributed by atoms with Crippen molar-refractivity contribution in [1.82, 2.24) is 5.32 Å². The minimum absolute atomic E-state index is 0.284. The normalized spacial score (nSPS) is 18.7. The summed E-state index contributed by atoms with van der Waals surface area (Å²) in [6.45, 7) is 3.59. The van der Waals surface area contributed by atoms with E-state index < -0.39 is 0 Å². The number of hydrogen-bond acceptors (Lipinski definition) is 2. The summed E-state index contributed by atoms with van der Waals surface area (Å²) >= 11 is 11.3. The fourth-order valence-corrected chi connectivity index (χ4v) is 2.24. The first kappa shape index (κ1) is 13.6. The molecule has 1 atom stereocenters. The summed E-state index contributed by atoms with van der Waals surface area (Å²) in [6.07, 6.45) is 2.53. The zero-order valence-corrected chi connectivity index (χ0v) is 11.9. The summed E-state index contributed by atoms with van der Waals surface area (Å²) in [6, 6.07) is 5.80. The summed E-state index contributed by atoms with van der Waals surface area (Å²) < 4.78 is 5.52. The van der Waals surface area contributed by atoms with Gasteiger partial charge >= 0.3 is 0 Å². The molecule has 0 radical (unpaired) electrons. The number of ether oxygens (including phenoxy) is 1. The summed E-state index contributed by atoms with van der Waals surface area (Å²) in [5.74, 6) is 0. The minimum Gasteiger partial charge on any atom is -0.376 e. The van der Waals surface area contributed by atoms with Crippen molar-refractivity contribution in [3.05, 3.63) is 28.8 Å². The smallest absolute Gasteiger partial charge is 0.170 e. The third-order valence-electron chi connectivity index (χ3n) is 2.94. The van der Waals surface area contributed by atoms with Gasteiger partial charge in [-0.25, -0.2) is 0 Å². The van der Waals surface area contributed by atoms with Crippen LogP contribution in [0.1, 0.15) is 18.4 Å². The van der Waals surface area contributed by atoms with Crippen molar-refractivity contribution in [2.45, 2.75) is 25.9 Å². The molecule has 1 aliphatic heterocycles. The molecular formula is C13H17ClN2OS. The van der Waals surface area contributed by atoms with E-state index in [1.165, 1.54) is 0 Å². The fourth-order valence-electron chi connectivity index (χ4n) is 1.86. The van der Waals surface area contributed by atoms with Crippen LogP contribution < -0.4 is 10.6 Å². The highest BCUT2D eigenvalue weighted by molar-refractivity contribution is 7.80. The van der Waals surface area contributed by atoms with Gasteiger partial charge in [0.25, 0.3) is 0 Å². The summed E-state index contributed by atoms with van der Waals surface area (Å²) in [5, 5.41) is 7.61. The molecule has 0 unspecified atom stereocenters. The fraction of sp³-hybridized carbons (Fsp3) is 0.462. The molecule has 98 valence electrons. The van der Waals surface area contributed by atoms with Crippen molar-refractivity contribution >= 4 is 34.6 Å². The lowest BCUT2D eigenvalue weighted by molar-refractivity contribution is 0.114. The number of benzene rings is 1. The van der Waals surface area contributed by atoms with Crippen LogP contribution in [0, 0.1) is 6.92 Å². The molecule has 18 heavy (non-hydrogen) atoms. The molecule has 2 rings (SSSR count). The standard InChI is InChI=1S/C13H17ClN2OS/c1-9-4-5-10(7-12(9)14)16-13(18)15-8-11-3-2-6-17-11/h4-5,7,11H,2-3,6,8H2,1H3,(H2,15,16,18)/t11-/m1/s1. The molecule has 1 aromatic carbocycles. The Labute approximate surface area is 118 Å². The largest absolute Gasteiger partial charge is 0.376 e. The third kappa shape index (κ3) is 3.83. The van der Waals surface area contributed by atoms with Crippen molar-refractivity contribution in [2.75, 3.05) is 18.5 Å². The van der Waals surface area contributed by atoms with E-state index in [1.54, 1.807) is 0 Å². The maximum absolute atomic E-state index is 6.05. The molecule has 1 heterocycles. The number of anilines is 1. The third-order valence-corrected chi connectivity index (χ3v) is 3.60. The van der Waals surface area contributed by atoms with E-state index in [0.29, 0.717) is 5.11 Å². The predicted octanol–water partition coefficient (Wildman–Crippen LogP) is 3.11. The zero-order chi connectivity index (χ0) is 13.0. The molecule has 0 bridgehead atoms. The van der Waals surface area contributed by atoms with Crippen molar-refractivity contribution in [3.63, 3.8) is 0 Å². The second-order valence-electron chi connectivity index (χ2n) is 4.43. The highest BCUT2D eigenvalue weighted by Crippen LogP contribution is 2.19. The Morgan fingerprint density at radius 1 is 1.56 bits per heavy atom. The lowest BCUT2D eigenvalue weighted by Gasteiger charge is -2.14. The summed E-state index contributed by atoms with van der Waals surface area (Å²) in [4.78, 5) is 0. The number of nitrogens with one attached hydrogen (secondary N) is 2. The average molecular weight is 285 g/mol. The number of rotatable bonds is 3. The Hall–Kier alpha value is -0.840. The van der Waals surface area contributed by atoms with Gasteiger partial charge in [-0.2, -0.15) is 0 Å². The van der Waals surface area contributed by atoms with Gasteiger partial charge < -0.3 is 15.4 Å². The van der Waals surface area contributed by atoms with Gasteiger partial charge in [0.15, 0.2) is 5.11 Å². The monoisotopic (exact) mass is 284 g/mol. The number of thiocarbonyl (C=S) groups is 1. The molecule has 1 fully saturated rings. The Morgan fingerprint density at radius 3 is 3.06 bits per heavy atom. The lowest BCUT2D eigenvalue weighted by Crippen LogP contribution is -2.34. The van der Waals surface area contributed by atoms with Crippen LogP contribution in [-0.4, -0.2) is 24.4 Å². The maximum atomic E-state index is 6.05. The highest BCUT2D eigenvalue weighted by Gasteiger charge is 2.15. The van der Waals surface area contributed by atoms with Crippen LogP contribution in [0.15, 0.2) is 18.2 Å². The second kappa shape index (κ2) is 6.36. The maximum Gasteiger partial charge on any atom is 0.170 e. The Kier molecular flexibility index (Phi) is 4.80. The van der Waals surface area contributed by atoms with Crippen LogP contribution in [0.25, 0.3) is 0 Å². The SMILES string of the molecule is Cc1ccc(NC(=S)NC[C@H]2CCCO2)cc1Cl. The number of hydrogen-bond donors (Lipinski definition) is 2. The molecule has 1 aliphatic rings. The van der Waals surface area contributed by atoms with Crippen LogP contribution in [0.5, 0.6) is 0 Å². The minimum atomic E-state index is 0.284. The average Bonchev–Trinajstić information content (AvgIpc) is 2.84. The van der Waals surface area contributed by atoms with E-state index in [1.807, 2.05) is 25.1 Å². The number of halogens is 1. The molecule has 0 amide bonds. The molecule has 1 saturated heterocycles. The van der Waals surface area contributed by atoms with E-state index in [4.69, 9.17) is 28.6 Å². The van der Waals surface area contributed by atoms with Crippen LogP contribution in [0.4, 0.5) is 5.69 Å². The second-order valence-corrected chi connectivity index (χ2v) is 5.25. The zero-order valence-electron chi connectivity index (χ0n) is 10.3. The predicted molar refractivity (Wildman–Crippen MR) is 79.4 cm³/mol. The van der Waals surface area contributed by atoms with Crippen LogP contribution in [0.2, 0.25) is 5.02 Å². The molecule has 0 saturated carbocycles. The topological polar surface area (TPSA) is 33.3 Å². The molecule has 5 heteroatoms.